The Bertz CT molecular complexity index is 757. The maximum atomic E-state index is 12.7. The molecule has 2 aromatic carbocycles. The molecule has 0 unspecified atom stereocenters. The molecule has 0 atom stereocenters. The maximum Gasteiger partial charge on any atom is 0.416 e. The van der Waals surface area contributed by atoms with Gasteiger partial charge in [0.1, 0.15) is 0 Å². The van der Waals surface area contributed by atoms with Crippen molar-refractivity contribution in [3.63, 3.8) is 0 Å². The van der Waals surface area contributed by atoms with Crippen molar-refractivity contribution in [1.29, 1.82) is 0 Å². The van der Waals surface area contributed by atoms with Gasteiger partial charge in [0.15, 0.2) is 0 Å². The van der Waals surface area contributed by atoms with Crippen molar-refractivity contribution in [3.05, 3.63) is 59.7 Å². The van der Waals surface area contributed by atoms with Crippen LogP contribution in [-0.2, 0) is 12.8 Å². The molecule has 1 heterocycles. The van der Waals surface area contributed by atoms with Crippen molar-refractivity contribution in [2.45, 2.75) is 12.8 Å². The highest BCUT2D eigenvalue weighted by Gasteiger charge is 2.31. The number of hydrogen-bond donors (Lipinski definition) is 1. The molecule has 1 nitrogen and oxygen atoms in total. The summed E-state index contributed by atoms with van der Waals surface area (Å²) in [6, 6.07) is 13.2. The predicted octanol–water partition coefficient (Wildman–Crippen LogP) is 5.08. The van der Waals surface area contributed by atoms with E-state index in [0.29, 0.717) is 5.56 Å². The van der Waals surface area contributed by atoms with Gasteiger partial charge in [0, 0.05) is 9.58 Å². The number of hydrogen-bond acceptors (Lipinski definition) is 2. The Morgan fingerprint density at radius 1 is 1.00 bits per heavy atom. The Hall–Kier alpha value is -1.85. The zero-order valence-electron chi connectivity index (χ0n) is 10.8. The van der Waals surface area contributed by atoms with E-state index in [2.05, 4.69) is 0 Å². The van der Waals surface area contributed by atoms with Crippen LogP contribution in [0.4, 0.5) is 13.2 Å². The summed E-state index contributed by atoms with van der Waals surface area (Å²) >= 11 is 1.50. The Balaban J connectivity index is 2.13. The van der Waals surface area contributed by atoms with Crippen molar-refractivity contribution in [1.82, 2.24) is 0 Å². The Morgan fingerprint density at radius 2 is 1.76 bits per heavy atom. The summed E-state index contributed by atoms with van der Waals surface area (Å²) < 4.78 is 39.2. The minimum Gasteiger partial charge on any atom is -0.392 e. The van der Waals surface area contributed by atoms with E-state index in [1.54, 1.807) is 0 Å². The molecule has 0 bridgehead atoms. The van der Waals surface area contributed by atoms with Gasteiger partial charge >= 0.3 is 6.18 Å². The lowest BCUT2D eigenvalue weighted by Crippen LogP contribution is -2.06. The largest absolute Gasteiger partial charge is 0.416 e. The molecule has 3 rings (SSSR count). The summed E-state index contributed by atoms with van der Waals surface area (Å²) in [6.07, 6.45) is -4.40. The second-order valence-corrected chi connectivity index (χ2v) is 5.76. The number of benzene rings is 2. The molecule has 1 aromatic heterocycles. The van der Waals surface area contributed by atoms with Crippen LogP contribution in [-0.4, -0.2) is 5.11 Å². The van der Waals surface area contributed by atoms with Crippen LogP contribution in [0.2, 0.25) is 0 Å². The fraction of sp³-hybridized carbons (Fsp3) is 0.125. The molecule has 0 saturated heterocycles. The molecule has 1 N–H and O–H groups in total. The normalized spacial score (nSPS) is 12.0. The van der Waals surface area contributed by atoms with Gasteiger partial charge in [0.2, 0.25) is 0 Å². The van der Waals surface area contributed by atoms with Crippen LogP contribution in [0.5, 0.6) is 0 Å². The lowest BCUT2D eigenvalue weighted by Gasteiger charge is -2.11. The van der Waals surface area contributed by atoms with Gasteiger partial charge in [-0.15, -0.1) is 11.3 Å². The molecule has 0 aliphatic rings. The lowest BCUT2D eigenvalue weighted by molar-refractivity contribution is -0.137. The second-order valence-electron chi connectivity index (χ2n) is 4.68. The zero-order valence-corrected chi connectivity index (χ0v) is 11.6. The SMILES string of the molecule is OCc1cc(C(F)(F)F)ccc1-c1cc2ccccc2s1. The second kappa shape index (κ2) is 5.16. The molecular weight excluding hydrogens is 297 g/mol. The first kappa shape index (κ1) is 14.1. The van der Waals surface area contributed by atoms with Gasteiger partial charge in [-0.25, -0.2) is 0 Å². The third-order valence-corrected chi connectivity index (χ3v) is 4.44. The van der Waals surface area contributed by atoms with Gasteiger partial charge in [-0.05, 0) is 40.8 Å². The van der Waals surface area contributed by atoms with E-state index < -0.39 is 18.3 Å². The summed E-state index contributed by atoms with van der Waals surface area (Å²) in [4.78, 5) is 0.856. The summed E-state index contributed by atoms with van der Waals surface area (Å²) in [5.74, 6) is 0. The maximum absolute atomic E-state index is 12.7. The molecule has 0 spiro atoms. The minimum atomic E-state index is -4.40. The quantitative estimate of drug-likeness (QED) is 0.700. The predicted molar refractivity (Wildman–Crippen MR) is 78.2 cm³/mol. The molecule has 3 aromatic rings. The molecular formula is C16H11F3OS. The topological polar surface area (TPSA) is 20.2 Å². The van der Waals surface area contributed by atoms with Gasteiger partial charge < -0.3 is 5.11 Å². The molecule has 0 aliphatic heterocycles. The number of aliphatic hydroxyl groups is 1. The van der Waals surface area contributed by atoms with E-state index >= 15 is 0 Å². The van der Waals surface area contributed by atoms with Crippen LogP contribution in [0.3, 0.4) is 0 Å². The van der Waals surface area contributed by atoms with Crippen molar-refractivity contribution in [2.75, 3.05) is 0 Å². The zero-order chi connectivity index (χ0) is 15.0. The van der Waals surface area contributed by atoms with E-state index in [0.717, 1.165) is 27.1 Å². The van der Waals surface area contributed by atoms with Gasteiger partial charge in [0.05, 0.1) is 12.2 Å². The van der Waals surface area contributed by atoms with Crippen molar-refractivity contribution in [2.24, 2.45) is 0 Å². The van der Waals surface area contributed by atoms with E-state index in [1.807, 2.05) is 30.3 Å². The first-order chi connectivity index (χ1) is 9.99. The van der Waals surface area contributed by atoms with Crippen LogP contribution < -0.4 is 0 Å². The molecule has 0 radical (unpaired) electrons. The van der Waals surface area contributed by atoms with Crippen molar-refractivity contribution < 1.29 is 18.3 Å². The number of alkyl halides is 3. The van der Waals surface area contributed by atoms with Crippen LogP contribution >= 0.6 is 11.3 Å². The number of thiophene rings is 1. The summed E-state index contributed by atoms with van der Waals surface area (Å²) in [7, 11) is 0. The van der Waals surface area contributed by atoms with E-state index in [4.69, 9.17) is 0 Å². The fourth-order valence-electron chi connectivity index (χ4n) is 2.26. The number of rotatable bonds is 2. The van der Waals surface area contributed by atoms with Crippen LogP contribution in [0, 0.1) is 0 Å². The smallest absolute Gasteiger partial charge is 0.392 e. The average Bonchev–Trinajstić information content (AvgIpc) is 2.89. The molecule has 0 fully saturated rings. The molecule has 108 valence electrons. The van der Waals surface area contributed by atoms with E-state index in [1.165, 1.54) is 17.4 Å². The summed E-state index contributed by atoms with van der Waals surface area (Å²) in [5, 5.41) is 10.4. The van der Waals surface area contributed by atoms with Crippen molar-refractivity contribution >= 4 is 21.4 Å². The molecule has 0 amide bonds. The minimum absolute atomic E-state index is 0.288. The standard InChI is InChI=1S/C16H11F3OS/c17-16(18,19)12-5-6-13(11(7-12)9-20)15-8-10-3-1-2-4-14(10)21-15/h1-8,20H,9H2. The Labute approximate surface area is 123 Å². The molecule has 0 saturated carbocycles. The molecule has 5 heteroatoms. The first-order valence-electron chi connectivity index (χ1n) is 6.29. The number of fused-ring (bicyclic) bond motifs is 1. The monoisotopic (exact) mass is 308 g/mol. The average molecular weight is 308 g/mol. The Morgan fingerprint density at radius 3 is 2.43 bits per heavy atom. The number of halogens is 3. The third kappa shape index (κ3) is 2.66. The van der Waals surface area contributed by atoms with Crippen molar-refractivity contribution in [3.8, 4) is 10.4 Å². The highest BCUT2D eigenvalue weighted by atomic mass is 32.1. The number of aliphatic hydroxyl groups excluding tert-OH is 1. The van der Waals surface area contributed by atoms with Gasteiger partial charge in [-0.2, -0.15) is 13.2 Å². The highest BCUT2D eigenvalue weighted by Crippen LogP contribution is 2.38. The van der Waals surface area contributed by atoms with Crippen LogP contribution in [0.25, 0.3) is 20.5 Å². The van der Waals surface area contributed by atoms with E-state index in [-0.39, 0.29) is 5.56 Å². The summed E-state index contributed by atoms with van der Waals surface area (Å²) in [5.41, 5.74) is 0.194. The van der Waals surface area contributed by atoms with Gasteiger partial charge in [-0.3, -0.25) is 0 Å². The Kier molecular flexibility index (Phi) is 3.47. The van der Waals surface area contributed by atoms with Gasteiger partial charge in [0.25, 0.3) is 0 Å². The highest BCUT2D eigenvalue weighted by molar-refractivity contribution is 7.22. The molecule has 21 heavy (non-hydrogen) atoms. The van der Waals surface area contributed by atoms with Gasteiger partial charge in [-0.1, -0.05) is 24.3 Å². The molecule has 0 aliphatic carbocycles. The van der Waals surface area contributed by atoms with Crippen LogP contribution in [0.1, 0.15) is 11.1 Å². The van der Waals surface area contributed by atoms with Crippen LogP contribution in [0.15, 0.2) is 48.5 Å². The lowest BCUT2D eigenvalue weighted by atomic mass is 10.0. The fourth-order valence-corrected chi connectivity index (χ4v) is 3.38. The third-order valence-electron chi connectivity index (χ3n) is 3.29. The summed E-state index contributed by atoms with van der Waals surface area (Å²) in [6.45, 7) is -0.423. The van der Waals surface area contributed by atoms with E-state index in [9.17, 15) is 18.3 Å². The first-order valence-corrected chi connectivity index (χ1v) is 7.10.